The smallest absolute Gasteiger partial charge is 0.122 e. The quantitative estimate of drug-likeness (QED) is 0.576. The number of nitrogens with one attached hydrogen (secondary N) is 1. The molecule has 0 saturated heterocycles. The average molecular weight is 312 g/mol. The van der Waals surface area contributed by atoms with Crippen LogP contribution in [-0.4, -0.2) is 30.1 Å². The number of halogens is 1. The Morgan fingerprint density at radius 2 is 2.22 bits per heavy atom. The predicted molar refractivity (Wildman–Crippen MR) is 77.2 cm³/mol. The van der Waals surface area contributed by atoms with Crippen molar-refractivity contribution in [2.24, 2.45) is 5.73 Å². The molecule has 18 heavy (non-hydrogen) atoms. The first-order valence-electron chi connectivity index (χ1n) is 6.15. The molecule has 1 saturated carbocycles. The van der Waals surface area contributed by atoms with E-state index in [1.54, 1.807) is 0 Å². The largest absolute Gasteiger partial charge is 0.395 e. The third-order valence-electron chi connectivity index (χ3n) is 3.42. The van der Waals surface area contributed by atoms with Crippen molar-refractivity contribution in [3.63, 3.8) is 0 Å². The van der Waals surface area contributed by atoms with Gasteiger partial charge in [-0.05, 0) is 53.4 Å². The first kappa shape index (κ1) is 13.4. The first-order valence-corrected chi connectivity index (χ1v) is 6.94. The fourth-order valence-electron chi connectivity index (χ4n) is 2.21. The molecule has 0 spiro atoms. The third-order valence-corrected chi connectivity index (χ3v) is 4.06. The van der Waals surface area contributed by atoms with Crippen molar-refractivity contribution in [2.75, 3.05) is 18.1 Å². The molecule has 0 bridgehead atoms. The number of aliphatic hydroxyl groups excluding tert-OH is 1. The van der Waals surface area contributed by atoms with E-state index in [1.807, 2.05) is 18.2 Å². The maximum absolute atomic E-state index is 9.19. The van der Waals surface area contributed by atoms with Crippen molar-refractivity contribution in [3.05, 3.63) is 28.2 Å². The van der Waals surface area contributed by atoms with E-state index in [0.717, 1.165) is 10.2 Å². The maximum atomic E-state index is 9.19. The van der Waals surface area contributed by atoms with Crippen LogP contribution in [0, 0.1) is 5.41 Å². The molecule has 0 aromatic heterocycles. The number of benzene rings is 1. The summed E-state index contributed by atoms with van der Waals surface area (Å²) in [5.74, 6) is 0.0691. The summed E-state index contributed by atoms with van der Waals surface area (Å²) >= 11 is 3.53. The molecular weight excluding hydrogens is 294 g/mol. The zero-order chi connectivity index (χ0) is 13.1. The maximum Gasteiger partial charge on any atom is 0.122 e. The molecule has 0 amide bonds. The number of anilines is 1. The second-order valence-corrected chi connectivity index (χ2v) is 5.44. The number of nitrogens with zero attached hydrogens (tertiary/aromatic N) is 1. The van der Waals surface area contributed by atoms with Gasteiger partial charge >= 0.3 is 0 Å². The van der Waals surface area contributed by atoms with Crippen LogP contribution in [0.15, 0.2) is 22.7 Å². The Morgan fingerprint density at radius 1 is 1.50 bits per heavy atom. The number of nitrogen functional groups attached to an aromatic ring is 1. The van der Waals surface area contributed by atoms with Crippen molar-refractivity contribution in [1.29, 1.82) is 5.41 Å². The van der Waals surface area contributed by atoms with E-state index >= 15 is 0 Å². The highest BCUT2D eigenvalue weighted by atomic mass is 79.9. The lowest BCUT2D eigenvalue weighted by atomic mass is 9.91. The van der Waals surface area contributed by atoms with Gasteiger partial charge in [0.05, 0.1) is 12.3 Å². The molecule has 4 N–H and O–H groups in total. The van der Waals surface area contributed by atoms with Crippen LogP contribution in [0.5, 0.6) is 0 Å². The van der Waals surface area contributed by atoms with Crippen molar-refractivity contribution in [2.45, 2.75) is 25.3 Å². The van der Waals surface area contributed by atoms with E-state index in [4.69, 9.17) is 11.1 Å². The monoisotopic (exact) mass is 311 g/mol. The van der Waals surface area contributed by atoms with E-state index in [9.17, 15) is 5.11 Å². The van der Waals surface area contributed by atoms with E-state index < -0.39 is 0 Å². The van der Waals surface area contributed by atoms with E-state index in [2.05, 4.69) is 20.8 Å². The second-order valence-electron chi connectivity index (χ2n) is 4.58. The first-order chi connectivity index (χ1) is 8.63. The molecule has 2 rings (SSSR count). The molecule has 98 valence electrons. The number of rotatable bonds is 5. The predicted octanol–water partition coefficient (Wildman–Crippen LogP) is 2.08. The van der Waals surface area contributed by atoms with E-state index in [0.29, 0.717) is 18.2 Å². The van der Waals surface area contributed by atoms with Crippen LogP contribution in [0.1, 0.15) is 24.8 Å². The standard InChI is InChI=1S/C13H18BrN3O/c14-11-8-9(13(15)16)4-5-12(11)17(6-7-18)10-2-1-3-10/h4-5,8,10,18H,1-3,6-7H2,(H3,15,16). The SMILES string of the molecule is N=C(N)c1ccc(N(CCO)C2CCC2)c(Br)c1. The Labute approximate surface area is 115 Å². The van der Waals surface area contributed by atoms with Gasteiger partial charge < -0.3 is 15.7 Å². The Kier molecular flexibility index (Phi) is 4.24. The van der Waals surface area contributed by atoms with Gasteiger partial charge in [0.2, 0.25) is 0 Å². The topological polar surface area (TPSA) is 73.3 Å². The molecular formula is C13H18BrN3O. The Balaban J connectivity index is 2.26. The van der Waals surface area contributed by atoms with Gasteiger partial charge in [0.15, 0.2) is 0 Å². The molecule has 1 aromatic rings. The number of amidine groups is 1. The average Bonchev–Trinajstić information content (AvgIpc) is 2.26. The fourth-order valence-corrected chi connectivity index (χ4v) is 2.82. The highest BCUT2D eigenvalue weighted by molar-refractivity contribution is 9.10. The van der Waals surface area contributed by atoms with Crippen LogP contribution in [0.2, 0.25) is 0 Å². The minimum atomic E-state index is 0.0691. The number of aliphatic hydroxyl groups is 1. The summed E-state index contributed by atoms with van der Waals surface area (Å²) in [4.78, 5) is 2.23. The van der Waals surface area contributed by atoms with Crippen LogP contribution in [0.4, 0.5) is 5.69 Å². The normalized spacial score (nSPS) is 15.2. The van der Waals surface area contributed by atoms with Crippen LogP contribution < -0.4 is 10.6 Å². The second kappa shape index (κ2) is 5.71. The van der Waals surface area contributed by atoms with Crippen molar-refractivity contribution in [3.8, 4) is 0 Å². The van der Waals surface area contributed by atoms with Gasteiger partial charge in [0, 0.05) is 22.6 Å². The number of hydrogen-bond acceptors (Lipinski definition) is 3. The van der Waals surface area contributed by atoms with Crippen molar-refractivity contribution < 1.29 is 5.11 Å². The lowest BCUT2D eigenvalue weighted by Gasteiger charge is -2.39. The van der Waals surface area contributed by atoms with Crippen LogP contribution in [-0.2, 0) is 0 Å². The fraction of sp³-hybridized carbons (Fsp3) is 0.462. The highest BCUT2D eigenvalue weighted by Crippen LogP contribution is 2.34. The Morgan fingerprint density at radius 3 is 2.67 bits per heavy atom. The molecule has 1 aliphatic rings. The van der Waals surface area contributed by atoms with Crippen LogP contribution >= 0.6 is 15.9 Å². The summed E-state index contributed by atoms with van der Waals surface area (Å²) in [5, 5.41) is 16.6. The number of hydrogen-bond donors (Lipinski definition) is 3. The molecule has 0 heterocycles. The molecule has 0 unspecified atom stereocenters. The van der Waals surface area contributed by atoms with Gasteiger partial charge in [0.1, 0.15) is 5.84 Å². The molecule has 1 fully saturated rings. The van der Waals surface area contributed by atoms with Gasteiger partial charge in [-0.25, -0.2) is 0 Å². The van der Waals surface area contributed by atoms with Gasteiger partial charge in [-0.1, -0.05) is 0 Å². The Hall–Kier alpha value is -1.07. The van der Waals surface area contributed by atoms with E-state index in [1.165, 1.54) is 19.3 Å². The molecule has 4 nitrogen and oxygen atoms in total. The van der Waals surface area contributed by atoms with Gasteiger partial charge in [-0.2, -0.15) is 0 Å². The molecule has 1 aromatic carbocycles. The van der Waals surface area contributed by atoms with Crippen LogP contribution in [0.25, 0.3) is 0 Å². The molecule has 0 atom stereocenters. The summed E-state index contributed by atoms with van der Waals surface area (Å²) in [7, 11) is 0. The molecule has 0 radical (unpaired) electrons. The zero-order valence-electron chi connectivity index (χ0n) is 10.2. The molecule has 1 aliphatic carbocycles. The van der Waals surface area contributed by atoms with Crippen LogP contribution in [0.3, 0.4) is 0 Å². The van der Waals surface area contributed by atoms with Crippen molar-refractivity contribution >= 4 is 27.5 Å². The van der Waals surface area contributed by atoms with Gasteiger partial charge in [-0.3, -0.25) is 5.41 Å². The molecule has 5 heteroatoms. The minimum Gasteiger partial charge on any atom is -0.395 e. The van der Waals surface area contributed by atoms with E-state index in [-0.39, 0.29) is 12.4 Å². The summed E-state index contributed by atoms with van der Waals surface area (Å²) < 4.78 is 0.926. The summed E-state index contributed by atoms with van der Waals surface area (Å²) in [5.41, 5.74) is 7.25. The lowest BCUT2D eigenvalue weighted by molar-refractivity contribution is 0.283. The highest BCUT2D eigenvalue weighted by Gasteiger charge is 2.26. The third kappa shape index (κ3) is 2.67. The number of nitrogens with two attached hydrogens (primary N) is 1. The van der Waals surface area contributed by atoms with Gasteiger partial charge in [-0.15, -0.1) is 0 Å². The van der Waals surface area contributed by atoms with Gasteiger partial charge in [0.25, 0.3) is 0 Å². The summed E-state index contributed by atoms with van der Waals surface area (Å²) in [6.07, 6.45) is 3.62. The Bertz CT molecular complexity index is 446. The molecule has 0 aliphatic heterocycles. The lowest BCUT2D eigenvalue weighted by Crippen LogP contribution is -2.42. The minimum absolute atomic E-state index is 0.0691. The summed E-state index contributed by atoms with van der Waals surface area (Å²) in [6.45, 7) is 0.792. The zero-order valence-corrected chi connectivity index (χ0v) is 11.8. The summed E-state index contributed by atoms with van der Waals surface area (Å²) in [6, 6.07) is 6.21. The van der Waals surface area contributed by atoms with Crippen molar-refractivity contribution in [1.82, 2.24) is 0 Å².